The van der Waals surface area contributed by atoms with Gasteiger partial charge in [0.05, 0.1) is 0 Å². The van der Waals surface area contributed by atoms with Crippen LogP contribution in [0.2, 0.25) is 0 Å². The summed E-state index contributed by atoms with van der Waals surface area (Å²) in [7, 11) is 0. The quantitative estimate of drug-likeness (QED) is 0.812. The first-order chi connectivity index (χ1) is 7.54. The largest absolute Gasteiger partial charge is 0.479 e. The van der Waals surface area contributed by atoms with Crippen LogP contribution in [0.1, 0.15) is 30.5 Å². The Kier molecular flexibility index (Phi) is 4.05. The molecule has 2 N–H and O–H groups in total. The van der Waals surface area contributed by atoms with Crippen molar-refractivity contribution in [2.45, 2.75) is 26.3 Å². The van der Waals surface area contributed by atoms with Crippen molar-refractivity contribution in [1.29, 1.82) is 0 Å². The van der Waals surface area contributed by atoms with E-state index in [0.29, 0.717) is 5.56 Å². The van der Waals surface area contributed by atoms with E-state index >= 15 is 0 Å². The number of carboxylic acids is 1. The number of benzene rings is 1. The van der Waals surface area contributed by atoms with E-state index in [0.717, 1.165) is 5.56 Å². The van der Waals surface area contributed by atoms with Gasteiger partial charge in [-0.05, 0) is 12.5 Å². The second-order valence-electron chi connectivity index (χ2n) is 3.61. The Morgan fingerprint density at radius 3 is 2.62 bits per heavy atom. The van der Waals surface area contributed by atoms with Crippen molar-refractivity contribution in [2.24, 2.45) is 0 Å². The van der Waals surface area contributed by atoms with Gasteiger partial charge in [0.25, 0.3) is 0 Å². The molecule has 0 radical (unpaired) electrons. The van der Waals surface area contributed by atoms with Gasteiger partial charge in [-0.3, -0.25) is 4.79 Å². The van der Waals surface area contributed by atoms with Crippen LogP contribution < -0.4 is 5.32 Å². The van der Waals surface area contributed by atoms with Gasteiger partial charge in [-0.25, -0.2) is 4.79 Å². The van der Waals surface area contributed by atoms with E-state index in [1.54, 1.807) is 25.1 Å². The molecule has 0 fully saturated rings. The summed E-state index contributed by atoms with van der Waals surface area (Å²) in [5.41, 5.74) is 1.56. The molecule has 0 aromatic heterocycles. The van der Waals surface area contributed by atoms with Crippen LogP contribution >= 0.6 is 0 Å². The summed E-state index contributed by atoms with van der Waals surface area (Å²) in [5, 5.41) is 11.5. The van der Waals surface area contributed by atoms with Crippen molar-refractivity contribution in [3.63, 3.8) is 0 Å². The van der Waals surface area contributed by atoms with Gasteiger partial charge in [0.15, 0.2) is 6.04 Å². The van der Waals surface area contributed by atoms with E-state index < -0.39 is 12.0 Å². The SMILES string of the molecule is CCC(=O)NC(C(=O)O)c1cccc(C)c1. The van der Waals surface area contributed by atoms with Crippen molar-refractivity contribution >= 4 is 11.9 Å². The van der Waals surface area contributed by atoms with Crippen molar-refractivity contribution in [2.75, 3.05) is 0 Å². The van der Waals surface area contributed by atoms with Crippen LogP contribution in [0.5, 0.6) is 0 Å². The van der Waals surface area contributed by atoms with Crippen LogP contribution in [0.4, 0.5) is 0 Å². The molecule has 1 amide bonds. The molecule has 86 valence electrons. The zero-order valence-corrected chi connectivity index (χ0v) is 9.36. The summed E-state index contributed by atoms with van der Waals surface area (Å²) >= 11 is 0. The minimum atomic E-state index is -1.05. The number of aliphatic carboxylic acids is 1. The smallest absolute Gasteiger partial charge is 0.330 e. The average molecular weight is 221 g/mol. The van der Waals surface area contributed by atoms with Crippen LogP contribution in [0.3, 0.4) is 0 Å². The zero-order chi connectivity index (χ0) is 12.1. The van der Waals surface area contributed by atoms with Crippen molar-refractivity contribution < 1.29 is 14.7 Å². The van der Waals surface area contributed by atoms with Gasteiger partial charge in [0.2, 0.25) is 5.91 Å². The first kappa shape index (κ1) is 12.2. The van der Waals surface area contributed by atoms with Gasteiger partial charge in [-0.1, -0.05) is 36.8 Å². The highest BCUT2D eigenvalue weighted by Gasteiger charge is 2.21. The third-order valence-corrected chi connectivity index (χ3v) is 2.25. The number of hydrogen-bond donors (Lipinski definition) is 2. The summed E-state index contributed by atoms with van der Waals surface area (Å²) in [4.78, 5) is 22.3. The maximum absolute atomic E-state index is 11.2. The molecule has 0 heterocycles. The molecule has 0 aliphatic heterocycles. The molecular formula is C12H15NO3. The highest BCUT2D eigenvalue weighted by atomic mass is 16.4. The molecule has 4 nitrogen and oxygen atoms in total. The lowest BCUT2D eigenvalue weighted by Crippen LogP contribution is -2.33. The number of carboxylic acid groups (broad SMARTS) is 1. The summed E-state index contributed by atoms with van der Waals surface area (Å²) in [6.45, 7) is 3.56. The molecule has 4 heteroatoms. The zero-order valence-electron chi connectivity index (χ0n) is 9.36. The van der Waals surface area contributed by atoms with Gasteiger partial charge >= 0.3 is 5.97 Å². The molecule has 1 unspecified atom stereocenters. The lowest BCUT2D eigenvalue weighted by atomic mass is 10.0. The highest BCUT2D eigenvalue weighted by molar-refractivity contribution is 5.84. The first-order valence-electron chi connectivity index (χ1n) is 5.13. The maximum atomic E-state index is 11.2. The second kappa shape index (κ2) is 5.30. The van der Waals surface area contributed by atoms with Crippen LogP contribution in [0.25, 0.3) is 0 Å². The minimum Gasteiger partial charge on any atom is -0.479 e. The fourth-order valence-corrected chi connectivity index (χ4v) is 1.40. The van der Waals surface area contributed by atoms with Gasteiger partial charge in [-0.15, -0.1) is 0 Å². The van der Waals surface area contributed by atoms with Crippen molar-refractivity contribution in [3.05, 3.63) is 35.4 Å². The number of nitrogens with one attached hydrogen (secondary N) is 1. The number of rotatable bonds is 4. The van der Waals surface area contributed by atoms with E-state index in [1.807, 2.05) is 13.0 Å². The lowest BCUT2D eigenvalue weighted by Gasteiger charge is -2.14. The fraction of sp³-hybridized carbons (Fsp3) is 0.333. The number of carbonyl (C=O) groups is 2. The number of aryl methyl sites for hydroxylation is 1. The molecule has 16 heavy (non-hydrogen) atoms. The predicted octanol–water partition coefficient (Wildman–Crippen LogP) is 1.65. The molecule has 1 atom stereocenters. The molecule has 0 saturated carbocycles. The Hall–Kier alpha value is -1.84. The van der Waals surface area contributed by atoms with Crippen LogP contribution in [-0.2, 0) is 9.59 Å². The highest BCUT2D eigenvalue weighted by Crippen LogP contribution is 2.14. The molecule has 0 aliphatic rings. The Balaban J connectivity index is 2.94. The summed E-state index contributed by atoms with van der Waals surface area (Å²) in [6, 6.07) is 6.14. The first-order valence-corrected chi connectivity index (χ1v) is 5.13. The third kappa shape index (κ3) is 3.08. The topological polar surface area (TPSA) is 66.4 Å². The third-order valence-electron chi connectivity index (χ3n) is 2.25. The number of hydrogen-bond acceptors (Lipinski definition) is 2. The van der Waals surface area contributed by atoms with E-state index in [2.05, 4.69) is 5.32 Å². The lowest BCUT2D eigenvalue weighted by molar-refractivity contribution is -0.142. The van der Waals surface area contributed by atoms with E-state index in [-0.39, 0.29) is 12.3 Å². The number of carbonyl (C=O) groups excluding carboxylic acids is 1. The Bertz CT molecular complexity index is 401. The minimum absolute atomic E-state index is 0.270. The van der Waals surface area contributed by atoms with Crippen LogP contribution in [0.15, 0.2) is 24.3 Å². The van der Waals surface area contributed by atoms with E-state index in [9.17, 15) is 9.59 Å². The Labute approximate surface area is 94.3 Å². The molecule has 0 saturated heterocycles. The molecule has 0 aliphatic carbocycles. The molecule has 1 aromatic rings. The van der Waals surface area contributed by atoms with Gasteiger partial charge in [0, 0.05) is 6.42 Å². The summed E-state index contributed by atoms with van der Waals surface area (Å²) in [6.07, 6.45) is 0.273. The maximum Gasteiger partial charge on any atom is 0.330 e. The Morgan fingerprint density at radius 2 is 2.12 bits per heavy atom. The molecule has 0 spiro atoms. The van der Waals surface area contributed by atoms with Crippen LogP contribution in [-0.4, -0.2) is 17.0 Å². The average Bonchev–Trinajstić information content (AvgIpc) is 2.25. The monoisotopic (exact) mass is 221 g/mol. The van der Waals surface area contributed by atoms with E-state index in [4.69, 9.17) is 5.11 Å². The summed E-state index contributed by atoms with van der Waals surface area (Å²) in [5.74, 6) is -1.32. The van der Waals surface area contributed by atoms with Gasteiger partial charge < -0.3 is 10.4 Å². The van der Waals surface area contributed by atoms with Gasteiger partial charge in [-0.2, -0.15) is 0 Å². The van der Waals surface area contributed by atoms with Crippen molar-refractivity contribution in [3.8, 4) is 0 Å². The standard InChI is InChI=1S/C12H15NO3/c1-3-10(14)13-11(12(15)16)9-6-4-5-8(2)7-9/h4-7,11H,3H2,1-2H3,(H,13,14)(H,15,16). The fourth-order valence-electron chi connectivity index (χ4n) is 1.40. The molecular weight excluding hydrogens is 206 g/mol. The van der Waals surface area contributed by atoms with Crippen molar-refractivity contribution in [1.82, 2.24) is 5.32 Å². The van der Waals surface area contributed by atoms with Crippen LogP contribution in [0, 0.1) is 6.92 Å². The normalized spacial score (nSPS) is 11.9. The Morgan fingerprint density at radius 1 is 1.44 bits per heavy atom. The van der Waals surface area contributed by atoms with Gasteiger partial charge in [0.1, 0.15) is 0 Å². The second-order valence-corrected chi connectivity index (χ2v) is 3.61. The molecule has 0 bridgehead atoms. The van der Waals surface area contributed by atoms with E-state index in [1.165, 1.54) is 0 Å². The summed E-state index contributed by atoms with van der Waals surface area (Å²) < 4.78 is 0. The number of amides is 1. The molecule has 1 aromatic carbocycles. The molecule has 1 rings (SSSR count). The predicted molar refractivity (Wildman–Crippen MR) is 60.0 cm³/mol.